The van der Waals surface area contributed by atoms with Gasteiger partial charge in [0.1, 0.15) is 5.82 Å². The topological polar surface area (TPSA) is 29.1 Å². The Labute approximate surface area is 109 Å². The van der Waals surface area contributed by atoms with Gasteiger partial charge >= 0.3 is 0 Å². The van der Waals surface area contributed by atoms with E-state index in [-0.39, 0.29) is 17.6 Å². The Morgan fingerprint density at radius 3 is 2.39 bits per heavy atom. The quantitative estimate of drug-likeness (QED) is 0.826. The molecule has 0 fully saturated rings. The molecule has 0 saturated heterocycles. The van der Waals surface area contributed by atoms with Crippen LogP contribution in [0.3, 0.4) is 0 Å². The molecular formula is C15H22FNO. The minimum absolute atomic E-state index is 0.0694. The van der Waals surface area contributed by atoms with Gasteiger partial charge in [-0.3, -0.25) is 4.79 Å². The van der Waals surface area contributed by atoms with Crippen LogP contribution in [0.2, 0.25) is 0 Å². The summed E-state index contributed by atoms with van der Waals surface area (Å²) in [6, 6.07) is 6.32. The molecule has 0 aromatic heterocycles. The first-order valence-corrected chi connectivity index (χ1v) is 6.51. The summed E-state index contributed by atoms with van der Waals surface area (Å²) in [5.74, 6) is 0.341. The van der Waals surface area contributed by atoms with E-state index in [0.717, 1.165) is 18.5 Å². The number of carbonyl (C=O) groups excluding carboxylic acids is 1. The number of benzene rings is 1. The summed E-state index contributed by atoms with van der Waals surface area (Å²) in [5.41, 5.74) is 0.989. The minimum Gasteiger partial charge on any atom is -0.356 e. The number of hydrogen-bond donors (Lipinski definition) is 1. The van der Waals surface area contributed by atoms with E-state index in [2.05, 4.69) is 19.2 Å². The van der Waals surface area contributed by atoms with Gasteiger partial charge in [0.15, 0.2) is 0 Å². The molecule has 0 bridgehead atoms. The van der Waals surface area contributed by atoms with Crippen LogP contribution in [0.5, 0.6) is 0 Å². The first kappa shape index (κ1) is 14.7. The summed E-state index contributed by atoms with van der Waals surface area (Å²) in [5, 5.41) is 2.93. The molecule has 1 amide bonds. The average molecular weight is 251 g/mol. The summed E-state index contributed by atoms with van der Waals surface area (Å²) in [6.07, 6.45) is 1.64. The number of nitrogens with one attached hydrogen (secondary N) is 1. The van der Waals surface area contributed by atoms with Crippen molar-refractivity contribution >= 4 is 5.91 Å². The van der Waals surface area contributed by atoms with Crippen LogP contribution in [0.25, 0.3) is 0 Å². The number of halogens is 1. The molecule has 1 atom stereocenters. The zero-order valence-electron chi connectivity index (χ0n) is 11.4. The summed E-state index contributed by atoms with van der Waals surface area (Å²) >= 11 is 0. The lowest BCUT2D eigenvalue weighted by molar-refractivity contribution is -0.124. The van der Waals surface area contributed by atoms with Gasteiger partial charge in [-0.2, -0.15) is 0 Å². The maximum Gasteiger partial charge on any atom is 0.223 e. The van der Waals surface area contributed by atoms with E-state index in [1.807, 2.05) is 6.92 Å². The SMILES string of the molecule is CC(C)CCNC(=O)C(C)Cc1ccc(F)cc1. The highest BCUT2D eigenvalue weighted by molar-refractivity contribution is 5.78. The molecule has 2 nitrogen and oxygen atoms in total. The van der Waals surface area contributed by atoms with Gasteiger partial charge in [0.2, 0.25) is 5.91 Å². The summed E-state index contributed by atoms with van der Waals surface area (Å²) in [6.45, 7) is 6.89. The summed E-state index contributed by atoms with van der Waals surface area (Å²) in [7, 11) is 0. The van der Waals surface area contributed by atoms with Crippen LogP contribution in [0, 0.1) is 17.7 Å². The first-order chi connectivity index (χ1) is 8.49. The number of hydrogen-bond acceptors (Lipinski definition) is 1. The zero-order valence-corrected chi connectivity index (χ0v) is 11.4. The van der Waals surface area contributed by atoms with Crippen molar-refractivity contribution in [2.45, 2.75) is 33.6 Å². The van der Waals surface area contributed by atoms with E-state index in [1.54, 1.807) is 12.1 Å². The molecule has 1 N–H and O–H groups in total. The van der Waals surface area contributed by atoms with E-state index in [4.69, 9.17) is 0 Å². The van der Waals surface area contributed by atoms with Crippen molar-refractivity contribution in [1.82, 2.24) is 5.32 Å². The molecule has 0 spiro atoms. The predicted molar refractivity (Wildman–Crippen MR) is 71.7 cm³/mol. The smallest absolute Gasteiger partial charge is 0.223 e. The Hall–Kier alpha value is -1.38. The van der Waals surface area contributed by atoms with Gasteiger partial charge in [0.25, 0.3) is 0 Å². The van der Waals surface area contributed by atoms with Crippen LogP contribution < -0.4 is 5.32 Å². The molecule has 0 heterocycles. The highest BCUT2D eigenvalue weighted by atomic mass is 19.1. The fourth-order valence-corrected chi connectivity index (χ4v) is 1.73. The Balaban J connectivity index is 2.37. The molecule has 0 saturated carbocycles. The fourth-order valence-electron chi connectivity index (χ4n) is 1.73. The van der Waals surface area contributed by atoms with Gasteiger partial charge in [-0.05, 0) is 36.5 Å². The lowest BCUT2D eigenvalue weighted by Crippen LogP contribution is -2.31. The molecule has 0 radical (unpaired) electrons. The Bertz CT molecular complexity index is 373. The third-order valence-electron chi connectivity index (χ3n) is 2.92. The molecule has 0 aliphatic carbocycles. The number of rotatable bonds is 6. The van der Waals surface area contributed by atoms with Crippen LogP contribution >= 0.6 is 0 Å². The standard InChI is InChI=1S/C15H22FNO/c1-11(2)8-9-17-15(18)12(3)10-13-4-6-14(16)7-5-13/h4-7,11-12H,8-10H2,1-3H3,(H,17,18). The maximum absolute atomic E-state index is 12.7. The third kappa shape index (κ3) is 5.30. The molecule has 0 aliphatic heterocycles. The highest BCUT2D eigenvalue weighted by Crippen LogP contribution is 2.10. The number of amides is 1. The van der Waals surface area contributed by atoms with Gasteiger partial charge in [0.05, 0.1) is 0 Å². The van der Waals surface area contributed by atoms with E-state index in [0.29, 0.717) is 12.3 Å². The molecule has 1 aromatic rings. The van der Waals surface area contributed by atoms with Crippen molar-refractivity contribution in [2.24, 2.45) is 11.8 Å². The summed E-state index contributed by atoms with van der Waals surface area (Å²) in [4.78, 5) is 11.8. The van der Waals surface area contributed by atoms with Crippen LogP contribution in [-0.4, -0.2) is 12.5 Å². The predicted octanol–water partition coefficient (Wildman–Crippen LogP) is 3.17. The van der Waals surface area contributed by atoms with Crippen molar-refractivity contribution in [1.29, 1.82) is 0 Å². The zero-order chi connectivity index (χ0) is 13.5. The minimum atomic E-state index is -0.243. The van der Waals surface area contributed by atoms with Gasteiger partial charge < -0.3 is 5.32 Å². The third-order valence-corrected chi connectivity index (χ3v) is 2.92. The Kier molecular flexibility index (Phi) is 5.83. The maximum atomic E-state index is 12.7. The molecule has 18 heavy (non-hydrogen) atoms. The van der Waals surface area contributed by atoms with Gasteiger partial charge in [-0.1, -0.05) is 32.9 Å². The lowest BCUT2D eigenvalue weighted by atomic mass is 10.0. The van der Waals surface area contributed by atoms with Gasteiger partial charge in [0, 0.05) is 12.5 Å². The second kappa shape index (κ2) is 7.14. The van der Waals surface area contributed by atoms with Crippen LogP contribution in [0.1, 0.15) is 32.8 Å². The van der Waals surface area contributed by atoms with Crippen molar-refractivity contribution in [3.8, 4) is 0 Å². The van der Waals surface area contributed by atoms with Crippen molar-refractivity contribution in [3.05, 3.63) is 35.6 Å². The number of carbonyl (C=O) groups is 1. The molecule has 1 unspecified atom stereocenters. The monoisotopic (exact) mass is 251 g/mol. The Morgan fingerprint density at radius 2 is 1.83 bits per heavy atom. The van der Waals surface area contributed by atoms with E-state index >= 15 is 0 Å². The van der Waals surface area contributed by atoms with Gasteiger partial charge in [-0.15, -0.1) is 0 Å². The van der Waals surface area contributed by atoms with Crippen molar-refractivity contribution in [2.75, 3.05) is 6.54 Å². The molecule has 100 valence electrons. The largest absolute Gasteiger partial charge is 0.356 e. The molecule has 3 heteroatoms. The molecular weight excluding hydrogens is 229 g/mol. The molecule has 1 rings (SSSR count). The lowest BCUT2D eigenvalue weighted by Gasteiger charge is -2.13. The van der Waals surface area contributed by atoms with Gasteiger partial charge in [-0.25, -0.2) is 4.39 Å². The molecule has 1 aromatic carbocycles. The highest BCUT2D eigenvalue weighted by Gasteiger charge is 2.13. The fraction of sp³-hybridized carbons (Fsp3) is 0.533. The Morgan fingerprint density at radius 1 is 1.22 bits per heavy atom. The normalized spacial score (nSPS) is 12.5. The summed E-state index contributed by atoms with van der Waals surface area (Å²) < 4.78 is 12.7. The van der Waals surface area contributed by atoms with E-state index < -0.39 is 0 Å². The van der Waals surface area contributed by atoms with Crippen LogP contribution in [0.15, 0.2) is 24.3 Å². The van der Waals surface area contributed by atoms with Crippen molar-refractivity contribution < 1.29 is 9.18 Å². The van der Waals surface area contributed by atoms with Crippen LogP contribution in [-0.2, 0) is 11.2 Å². The van der Waals surface area contributed by atoms with Crippen LogP contribution in [0.4, 0.5) is 4.39 Å². The second-order valence-corrected chi connectivity index (χ2v) is 5.21. The second-order valence-electron chi connectivity index (χ2n) is 5.21. The van der Waals surface area contributed by atoms with E-state index in [1.165, 1.54) is 12.1 Å². The van der Waals surface area contributed by atoms with Crippen molar-refractivity contribution in [3.63, 3.8) is 0 Å². The van der Waals surface area contributed by atoms with E-state index in [9.17, 15) is 9.18 Å². The average Bonchev–Trinajstić information content (AvgIpc) is 2.31. The molecule has 0 aliphatic rings. The first-order valence-electron chi connectivity index (χ1n) is 6.51.